The summed E-state index contributed by atoms with van der Waals surface area (Å²) in [5.41, 5.74) is 0.442. The van der Waals surface area contributed by atoms with E-state index in [2.05, 4.69) is 10.6 Å². The maximum atomic E-state index is 11.6. The molecule has 0 saturated carbocycles. The maximum Gasteiger partial charge on any atom is 0.326 e. The van der Waals surface area contributed by atoms with Crippen molar-refractivity contribution >= 4 is 29.3 Å². The molecule has 0 saturated heterocycles. The van der Waals surface area contributed by atoms with Crippen LogP contribution in [0.15, 0.2) is 24.3 Å². The number of urea groups is 1. The van der Waals surface area contributed by atoms with Gasteiger partial charge < -0.3 is 15.7 Å². The van der Waals surface area contributed by atoms with E-state index in [0.29, 0.717) is 23.6 Å². The van der Waals surface area contributed by atoms with Crippen molar-refractivity contribution < 1.29 is 14.7 Å². The highest BCUT2D eigenvalue weighted by atomic mass is 35.5. The average molecular weight is 271 g/mol. The molecule has 0 unspecified atom stereocenters. The van der Waals surface area contributed by atoms with E-state index in [-0.39, 0.29) is 0 Å². The van der Waals surface area contributed by atoms with Gasteiger partial charge in [0.1, 0.15) is 6.04 Å². The summed E-state index contributed by atoms with van der Waals surface area (Å²) in [4.78, 5) is 22.5. The highest BCUT2D eigenvalue weighted by molar-refractivity contribution is 6.33. The summed E-state index contributed by atoms with van der Waals surface area (Å²) in [6, 6.07) is 5.27. The van der Waals surface area contributed by atoms with Crippen LogP contribution in [0.25, 0.3) is 0 Å². The Morgan fingerprint density at radius 2 is 2.06 bits per heavy atom. The molecule has 0 aliphatic carbocycles. The molecule has 0 fully saturated rings. The summed E-state index contributed by atoms with van der Waals surface area (Å²) < 4.78 is 0. The van der Waals surface area contributed by atoms with Crippen molar-refractivity contribution in [1.29, 1.82) is 0 Å². The number of carboxylic acid groups (broad SMARTS) is 1. The minimum Gasteiger partial charge on any atom is -0.480 e. The van der Waals surface area contributed by atoms with Gasteiger partial charge >= 0.3 is 12.0 Å². The Hall–Kier alpha value is -1.75. The number of rotatable bonds is 5. The number of carbonyl (C=O) groups excluding carboxylic acids is 1. The van der Waals surface area contributed by atoms with E-state index in [1.807, 2.05) is 6.92 Å². The SMILES string of the molecule is CCC[C@@H](NC(=O)Nc1ccccc1Cl)C(=O)O. The molecule has 0 radical (unpaired) electrons. The second-order valence-electron chi connectivity index (χ2n) is 3.76. The first-order valence-corrected chi connectivity index (χ1v) is 5.97. The third-order valence-electron chi connectivity index (χ3n) is 2.30. The van der Waals surface area contributed by atoms with Crippen LogP contribution in [0, 0.1) is 0 Å². The molecule has 18 heavy (non-hydrogen) atoms. The first kappa shape index (κ1) is 14.3. The lowest BCUT2D eigenvalue weighted by Gasteiger charge is -2.14. The normalized spacial score (nSPS) is 11.7. The molecule has 0 aliphatic rings. The number of anilines is 1. The third kappa shape index (κ3) is 4.25. The first-order valence-electron chi connectivity index (χ1n) is 5.59. The van der Waals surface area contributed by atoms with Crippen LogP contribution in [0.3, 0.4) is 0 Å². The lowest BCUT2D eigenvalue weighted by atomic mass is 10.2. The van der Waals surface area contributed by atoms with E-state index in [9.17, 15) is 9.59 Å². The van der Waals surface area contributed by atoms with Crippen molar-refractivity contribution in [1.82, 2.24) is 5.32 Å². The summed E-state index contributed by atoms with van der Waals surface area (Å²) in [5.74, 6) is -1.05. The van der Waals surface area contributed by atoms with Crippen LogP contribution in [0.4, 0.5) is 10.5 Å². The lowest BCUT2D eigenvalue weighted by Crippen LogP contribution is -2.42. The number of carbonyl (C=O) groups is 2. The molecular formula is C12H15ClN2O3. The molecule has 0 aliphatic heterocycles. The average Bonchev–Trinajstić information content (AvgIpc) is 2.31. The molecule has 6 heteroatoms. The zero-order chi connectivity index (χ0) is 13.5. The van der Waals surface area contributed by atoms with E-state index < -0.39 is 18.0 Å². The summed E-state index contributed by atoms with van der Waals surface area (Å²) in [5, 5.41) is 14.2. The van der Waals surface area contributed by atoms with E-state index in [4.69, 9.17) is 16.7 Å². The fourth-order valence-electron chi connectivity index (χ4n) is 1.43. The van der Waals surface area contributed by atoms with E-state index in [1.165, 1.54) is 0 Å². The molecule has 3 N–H and O–H groups in total. The van der Waals surface area contributed by atoms with Crippen LogP contribution in [0.1, 0.15) is 19.8 Å². The van der Waals surface area contributed by atoms with Gasteiger partial charge in [-0.3, -0.25) is 0 Å². The van der Waals surface area contributed by atoms with Gasteiger partial charge in [-0.1, -0.05) is 37.1 Å². The van der Waals surface area contributed by atoms with Crippen LogP contribution in [-0.2, 0) is 4.79 Å². The largest absolute Gasteiger partial charge is 0.480 e. The minimum absolute atomic E-state index is 0.380. The Labute approximate surface area is 110 Å². The van der Waals surface area contributed by atoms with E-state index in [1.54, 1.807) is 24.3 Å². The smallest absolute Gasteiger partial charge is 0.326 e. The summed E-state index contributed by atoms with van der Waals surface area (Å²) in [6.07, 6.45) is 1.05. The van der Waals surface area contributed by atoms with Gasteiger partial charge in [0.25, 0.3) is 0 Å². The third-order valence-corrected chi connectivity index (χ3v) is 2.63. The molecule has 1 aromatic rings. The predicted molar refractivity (Wildman–Crippen MR) is 69.9 cm³/mol. The summed E-state index contributed by atoms with van der Waals surface area (Å²) in [7, 11) is 0. The van der Waals surface area contributed by atoms with Crippen LogP contribution in [-0.4, -0.2) is 23.1 Å². The van der Waals surface area contributed by atoms with Crippen LogP contribution in [0.5, 0.6) is 0 Å². The molecule has 2 amide bonds. The van der Waals surface area contributed by atoms with Gasteiger partial charge in [-0.2, -0.15) is 0 Å². The number of amides is 2. The first-order chi connectivity index (χ1) is 8.54. The van der Waals surface area contributed by atoms with Crippen LogP contribution < -0.4 is 10.6 Å². The monoisotopic (exact) mass is 270 g/mol. The molecule has 0 bridgehead atoms. The number of nitrogens with one attached hydrogen (secondary N) is 2. The fraction of sp³-hybridized carbons (Fsp3) is 0.333. The molecule has 1 atom stereocenters. The van der Waals surface area contributed by atoms with Crippen molar-refractivity contribution in [2.45, 2.75) is 25.8 Å². The van der Waals surface area contributed by atoms with E-state index >= 15 is 0 Å². The van der Waals surface area contributed by atoms with Crippen molar-refractivity contribution in [2.24, 2.45) is 0 Å². The Morgan fingerprint density at radius 3 is 2.61 bits per heavy atom. The minimum atomic E-state index is -1.05. The zero-order valence-electron chi connectivity index (χ0n) is 9.94. The molecule has 98 valence electrons. The zero-order valence-corrected chi connectivity index (χ0v) is 10.7. The molecule has 0 spiro atoms. The highest BCUT2D eigenvalue weighted by Crippen LogP contribution is 2.20. The number of aliphatic carboxylic acids is 1. The Balaban J connectivity index is 2.61. The number of halogens is 1. The Kier molecular flexibility index (Phi) is 5.45. The van der Waals surface area contributed by atoms with Crippen molar-refractivity contribution in [3.8, 4) is 0 Å². The number of carboxylic acids is 1. The number of benzene rings is 1. The molecule has 1 aromatic carbocycles. The van der Waals surface area contributed by atoms with Gasteiger partial charge in [-0.15, -0.1) is 0 Å². The summed E-state index contributed by atoms with van der Waals surface area (Å²) >= 11 is 5.87. The molecule has 5 nitrogen and oxygen atoms in total. The molecule has 1 rings (SSSR count). The standard InChI is InChI=1S/C12H15ClN2O3/c1-2-5-10(11(16)17)15-12(18)14-9-7-4-3-6-8(9)13/h3-4,6-7,10H,2,5H2,1H3,(H,16,17)(H2,14,15,18)/t10-/m1/s1. The summed E-state index contributed by atoms with van der Waals surface area (Å²) in [6.45, 7) is 1.85. The predicted octanol–water partition coefficient (Wildman–Crippen LogP) is 2.71. The quantitative estimate of drug-likeness (QED) is 0.770. The van der Waals surface area contributed by atoms with Gasteiger partial charge in [0.15, 0.2) is 0 Å². The second kappa shape index (κ2) is 6.86. The number of para-hydroxylation sites is 1. The van der Waals surface area contributed by atoms with Gasteiger partial charge in [0.05, 0.1) is 10.7 Å². The van der Waals surface area contributed by atoms with E-state index in [0.717, 1.165) is 0 Å². The number of hydrogen-bond acceptors (Lipinski definition) is 2. The van der Waals surface area contributed by atoms with Gasteiger partial charge in [-0.05, 0) is 18.6 Å². The lowest BCUT2D eigenvalue weighted by molar-refractivity contribution is -0.139. The number of hydrogen-bond donors (Lipinski definition) is 3. The van der Waals surface area contributed by atoms with Crippen molar-refractivity contribution in [3.05, 3.63) is 29.3 Å². The molecular weight excluding hydrogens is 256 g/mol. The van der Waals surface area contributed by atoms with Crippen molar-refractivity contribution in [3.63, 3.8) is 0 Å². The fourth-order valence-corrected chi connectivity index (χ4v) is 1.61. The van der Waals surface area contributed by atoms with Crippen molar-refractivity contribution in [2.75, 3.05) is 5.32 Å². The van der Waals surface area contributed by atoms with Crippen LogP contribution >= 0.6 is 11.6 Å². The topological polar surface area (TPSA) is 78.4 Å². The molecule has 0 aromatic heterocycles. The van der Waals surface area contributed by atoms with Gasteiger partial charge in [-0.25, -0.2) is 9.59 Å². The van der Waals surface area contributed by atoms with Crippen LogP contribution in [0.2, 0.25) is 5.02 Å². The maximum absolute atomic E-state index is 11.6. The van der Waals surface area contributed by atoms with Gasteiger partial charge in [0, 0.05) is 0 Å². The second-order valence-corrected chi connectivity index (χ2v) is 4.17. The molecule has 0 heterocycles. The highest BCUT2D eigenvalue weighted by Gasteiger charge is 2.18. The van der Waals surface area contributed by atoms with Gasteiger partial charge in [0.2, 0.25) is 0 Å². The Bertz CT molecular complexity index is 437. The Morgan fingerprint density at radius 1 is 1.39 bits per heavy atom.